The molecule has 0 saturated heterocycles. The van der Waals surface area contributed by atoms with E-state index in [4.69, 9.17) is 4.42 Å². The quantitative estimate of drug-likeness (QED) is 0.345. The molecule has 0 aliphatic heterocycles. The molecule has 0 radical (unpaired) electrons. The van der Waals surface area contributed by atoms with Crippen molar-refractivity contribution in [3.8, 4) is 11.5 Å². The highest BCUT2D eigenvalue weighted by Gasteiger charge is 2.14. The summed E-state index contributed by atoms with van der Waals surface area (Å²) in [6.45, 7) is 4.10. The molecule has 7 heteroatoms. The number of carbonyl (C=O) groups is 2. The number of anilines is 2. The standard InChI is InChI=1S/C27H26N4O3/c1-18-8-6-12-22(14-18)29-27(33)30-23-13-7-9-20(15-23)17-28-25(32)16-24-19(2)34-26(31-24)21-10-4-3-5-11-21/h3-15H,16-17H2,1-2H3,(H,28,32)(H2,29,30,33). The van der Waals surface area contributed by atoms with E-state index in [2.05, 4.69) is 20.9 Å². The predicted molar refractivity (Wildman–Crippen MR) is 132 cm³/mol. The maximum absolute atomic E-state index is 12.5. The molecule has 0 saturated carbocycles. The molecular weight excluding hydrogens is 428 g/mol. The van der Waals surface area contributed by atoms with Crippen molar-refractivity contribution in [3.05, 3.63) is 101 Å². The van der Waals surface area contributed by atoms with Crippen LogP contribution in [0.25, 0.3) is 11.5 Å². The first-order valence-corrected chi connectivity index (χ1v) is 11.0. The van der Waals surface area contributed by atoms with E-state index in [0.29, 0.717) is 29.6 Å². The number of urea groups is 1. The Hall–Kier alpha value is -4.39. The lowest BCUT2D eigenvalue weighted by molar-refractivity contribution is -0.120. The van der Waals surface area contributed by atoms with E-state index in [1.54, 1.807) is 13.0 Å². The van der Waals surface area contributed by atoms with Gasteiger partial charge in [0.25, 0.3) is 0 Å². The van der Waals surface area contributed by atoms with Gasteiger partial charge in [-0.2, -0.15) is 0 Å². The van der Waals surface area contributed by atoms with Crippen molar-refractivity contribution in [3.63, 3.8) is 0 Å². The first kappa shape index (κ1) is 22.8. The minimum Gasteiger partial charge on any atom is -0.441 e. The van der Waals surface area contributed by atoms with E-state index >= 15 is 0 Å². The van der Waals surface area contributed by atoms with Crippen LogP contribution in [0.5, 0.6) is 0 Å². The van der Waals surface area contributed by atoms with E-state index in [1.165, 1.54) is 0 Å². The van der Waals surface area contributed by atoms with Gasteiger partial charge in [-0.3, -0.25) is 4.79 Å². The molecule has 3 N–H and O–H groups in total. The summed E-state index contributed by atoms with van der Waals surface area (Å²) >= 11 is 0. The highest BCUT2D eigenvalue weighted by molar-refractivity contribution is 5.99. The normalized spacial score (nSPS) is 10.5. The summed E-state index contributed by atoms with van der Waals surface area (Å²) in [6.07, 6.45) is 0.124. The maximum Gasteiger partial charge on any atom is 0.323 e. The number of oxazole rings is 1. The zero-order valence-electron chi connectivity index (χ0n) is 19.1. The van der Waals surface area contributed by atoms with Crippen molar-refractivity contribution >= 4 is 23.3 Å². The lowest BCUT2D eigenvalue weighted by Gasteiger charge is -2.10. The number of amides is 3. The number of hydrogen-bond donors (Lipinski definition) is 3. The number of hydrogen-bond acceptors (Lipinski definition) is 4. The van der Waals surface area contributed by atoms with Crippen LogP contribution in [-0.4, -0.2) is 16.9 Å². The SMILES string of the molecule is Cc1cccc(NC(=O)Nc2cccc(CNC(=O)Cc3nc(-c4ccccc4)oc3C)c2)c1. The van der Waals surface area contributed by atoms with E-state index in [0.717, 1.165) is 22.4 Å². The van der Waals surface area contributed by atoms with Crippen LogP contribution in [0.15, 0.2) is 83.3 Å². The Labute approximate surface area is 198 Å². The number of aromatic nitrogens is 1. The zero-order valence-corrected chi connectivity index (χ0v) is 19.1. The Kier molecular flexibility index (Phi) is 7.03. The number of rotatable bonds is 7. The van der Waals surface area contributed by atoms with Gasteiger partial charge in [-0.15, -0.1) is 0 Å². The molecule has 0 bridgehead atoms. The second-order valence-corrected chi connectivity index (χ2v) is 7.99. The fraction of sp³-hybridized carbons (Fsp3) is 0.148. The topological polar surface area (TPSA) is 96.3 Å². The molecule has 7 nitrogen and oxygen atoms in total. The van der Waals surface area contributed by atoms with Crippen LogP contribution in [-0.2, 0) is 17.8 Å². The van der Waals surface area contributed by atoms with Gasteiger partial charge >= 0.3 is 6.03 Å². The molecule has 4 rings (SSSR count). The average Bonchev–Trinajstić information content (AvgIpc) is 3.18. The van der Waals surface area contributed by atoms with Crippen molar-refractivity contribution in [1.82, 2.24) is 10.3 Å². The summed E-state index contributed by atoms with van der Waals surface area (Å²) < 4.78 is 5.73. The Bertz CT molecular complexity index is 1300. The van der Waals surface area contributed by atoms with Gasteiger partial charge < -0.3 is 20.4 Å². The fourth-order valence-electron chi connectivity index (χ4n) is 3.49. The Morgan fingerprint density at radius 1 is 0.853 bits per heavy atom. The molecule has 3 aromatic carbocycles. The summed E-state index contributed by atoms with van der Waals surface area (Å²) in [7, 11) is 0. The van der Waals surface area contributed by atoms with E-state index in [1.807, 2.05) is 79.7 Å². The van der Waals surface area contributed by atoms with Crippen LogP contribution < -0.4 is 16.0 Å². The van der Waals surface area contributed by atoms with Crippen molar-refractivity contribution in [2.45, 2.75) is 26.8 Å². The van der Waals surface area contributed by atoms with Crippen molar-refractivity contribution in [2.75, 3.05) is 10.6 Å². The predicted octanol–water partition coefficient (Wildman–Crippen LogP) is 5.46. The van der Waals surface area contributed by atoms with Crippen LogP contribution in [0, 0.1) is 13.8 Å². The summed E-state index contributed by atoms with van der Waals surface area (Å²) in [5.74, 6) is 0.968. The molecule has 1 aromatic heterocycles. The van der Waals surface area contributed by atoms with Crippen molar-refractivity contribution in [2.24, 2.45) is 0 Å². The lowest BCUT2D eigenvalue weighted by atomic mass is 10.2. The summed E-state index contributed by atoms with van der Waals surface area (Å²) in [5, 5.41) is 8.53. The minimum atomic E-state index is -0.331. The maximum atomic E-state index is 12.5. The smallest absolute Gasteiger partial charge is 0.323 e. The summed E-state index contributed by atoms with van der Waals surface area (Å²) in [5.41, 5.74) is 4.76. The third-order valence-corrected chi connectivity index (χ3v) is 5.19. The number of carbonyl (C=O) groups excluding carboxylic acids is 2. The van der Waals surface area contributed by atoms with E-state index < -0.39 is 0 Å². The van der Waals surface area contributed by atoms with Crippen molar-refractivity contribution < 1.29 is 14.0 Å². The molecule has 0 unspecified atom stereocenters. The molecule has 4 aromatic rings. The highest BCUT2D eigenvalue weighted by Crippen LogP contribution is 2.21. The molecule has 172 valence electrons. The lowest BCUT2D eigenvalue weighted by Crippen LogP contribution is -2.25. The van der Waals surface area contributed by atoms with Crippen LogP contribution in [0.1, 0.15) is 22.6 Å². The fourth-order valence-corrected chi connectivity index (χ4v) is 3.49. The monoisotopic (exact) mass is 454 g/mol. The number of nitrogens with one attached hydrogen (secondary N) is 3. The number of benzene rings is 3. The Morgan fingerprint density at radius 2 is 1.56 bits per heavy atom. The first-order chi connectivity index (χ1) is 16.5. The third-order valence-electron chi connectivity index (χ3n) is 5.19. The Balaban J connectivity index is 1.31. The molecule has 0 spiro atoms. The van der Waals surface area contributed by atoms with Gasteiger partial charge in [-0.1, -0.05) is 42.5 Å². The molecule has 0 atom stereocenters. The van der Waals surface area contributed by atoms with Crippen LogP contribution in [0.4, 0.5) is 16.2 Å². The molecule has 0 aliphatic carbocycles. The first-order valence-electron chi connectivity index (χ1n) is 11.0. The highest BCUT2D eigenvalue weighted by atomic mass is 16.4. The van der Waals surface area contributed by atoms with Gasteiger partial charge in [-0.05, 0) is 61.4 Å². The molecule has 0 fully saturated rings. The van der Waals surface area contributed by atoms with Crippen LogP contribution >= 0.6 is 0 Å². The molecule has 3 amide bonds. The number of nitrogens with zero attached hydrogens (tertiary/aromatic N) is 1. The van der Waals surface area contributed by atoms with E-state index in [-0.39, 0.29) is 18.4 Å². The molecule has 1 heterocycles. The van der Waals surface area contributed by atoms with Crippen LogP contribution in [0.2, 0.25) is 0 Å². The van der Waals surface area contributed by atoms with Gasteiger partial charge in [-0.25, -0.2) is 9.78 Å². The van der Waals surface area contributed by atoms with Crippen LogP contribution in [0.3, 0.4) is 0 Å². The summed E-state index contributed by atoms with van der Waals surface area (Å²) in [6, 6.07) is 24.2. The van der Waals surface area contributed by atoms with Gasteiger partial charge in [0.15, 0.2) is 0 Å². The minimum absolute atomic E-state index is 0.124. The second kappa shape index (κ2) is 10.5. The average molecular weight is 455 g/mol. The van der Waals surface area contributed by atoms with Gasteiger partial charge in [0.2, 0.25) is 11.8 Å². The molecular formula is C27H26N4O3. The molecule has 34 heavy (non-hydrogen) atoms. The van der Waals surface area contributed by atoms with Crippen molar-refractivity contribution in [1.29, 1.82) is 0 Å². The third kappa shape index (κ3) is 6.10. The largest absolute Gasteiger partial charge is 0.441 e. The number of aryl methyl sites for hydroxylation is 2. The second-order valence-electron chi connectivity index (χ2n) is 7.99. The van der Waals surface area contributed by atoms with Gasteiger partial charge in [0.1, 0.15) is 5.76 Å². The Morgan fingerprint density at radius 3 is 2.29 bits per heavy atom. The molecule has 0 aliphatic rings. The van der Waals surface area contributed by atoms with Gasteiger partial charge in [0, 0.05) is 23.5 Å². The van der Waals surface area contributed by atoms with E-state index in [9.17, 15) is 9.59 Å². The van der Waals surface area contributed by atoms with Gasteiger partial charge in [0.05, 0.1) is 12.1 Å². The summed E-state index contributed by atoms with van der Waals surface area (Å²) in [4.78, 5) is 29.3. The zero-order chi connectivity index (χ0) is 23.9.